The van der Waals surface area contributed by atoms with Crippen molar-refractivity contribution in [2.24, 2.45) is 0 Å². The van der Waals surface area contributed by atoms with E-state index in [9.17, 15) is 25.2 Å². The Morgan fingerprint density at radius 2 is 0.976 bits per heavy atom. The fourth-order valence-corrected chi connectivity index (χ4v) is 3.59. The van der Waals surface area contributed by atoms with Crippen LogP contribution in [0.1, 0.15) is 0 Å². The number of aliphatic hydroxyl groups excluding tert-OH is 8. The summed E-state index contributed by atoms with van der Waals surface area (Å²) in [5.74, 6) is -0.695. The lowest BCUT2D eigenvalue weighted by molar-refractivity contribution is -0.144. The lowest BCUT2D eigenvalue weighted by Gasteiger charge is -2.25. The van der Waals surface area contributed by atoms with Crippen molar-refractivity contribution >= 4 is 5.97 Å². The number of rotatable bonds is 30. The molecule has 0 heterocycles. The standard InChI is InChI=1S/C26H52N2O14/c1-2-26(37)42-18-24(36)17-41-25(19-39-14-22(34)12-28(5-9-31)6-10-32)20-40-16-23(35)15-38-13-21(33)11-27(3-7-29)4-8-30/h2,21-25,29-36H,1,3-20H2. The van der Waals surface area contributed by atoms with Crippen molar-refractivity contribution in [2.45, 2.75) is 30.5 Å². The molecular weight excluding hydrogens is 564 g/mol. The number of nitrogens with zero attached hydrogens (tertiary/aromatic N) is 2. The Balaban J connectivity index is 4.62. The monoisotopic (exact) mass is 616 g/mol. The maximum atomic E-state index is 11.2. The van der Waals surface area contributed by atoms with E-state index in [2.05, 4.69) is 6.58 Å². The quantitative estimate of drug-likeness (QED) is 0.0279. The molecule has 5 unspecified atom stereocenters. The van der Waals surface area contributed by atoms with E-state index in [4.69, 9.17) is 44.1 Å². The van der Waals surface area contributed by atoms with Crippen molar-refractivity contribution in [1.82, 2.24) is 9.80 Å². The second-order valence-electron chi connectivity index (χ2n) is 9.51. The first-order chi connectivity index (χ1) is 20.2. The third-order valence-electron chi connectivity index (χ3n) is 5.56. The summed E-state index contributed by atoms with van der Waals surface area (Å²) < 4.78 is 26.8. The van der Waals surface area contributed by atoms with Crippen LogP contribution in [0.2, 0.25) is 0 Å². The summed E-state index contributed by atoms with van der Waals surface area (Å²) in [6.07, 6.45) is -3.74. The van der Waals surface area contributed by atoms with Crippen LogP contribution in [0.25, 0.3) is 0 Å². The minimum atomic E-state index is -1.14. The maximum Gasteiger partial charge on any atom is 0.330 e. The van der Waals surface area contributed by atoms with E-state index in [1.165, 1.54) is 0 Å². The van der Waals surface area contributed by atoms with Crippen LogP contribution < -0.4 is 0 Å². The first kappa shape index (κ1) is 40.6. The smallest absolute Gasteiger partial charge is 0.330 e. The summed E-state index contributed by atoms with van der Waals surface area (Å²) in [7, 11) is 0. The van der Waals surface area contributed by atoms with Crippen LogP contribution >= 0.6 is 0 Å². The molecule has 0 fully saturated rings. The van der Waals surface area contributed by atoms with Crippen LogP contribution in [-0.2, 0) is 28.5 Å². The van der Waals surface area contributed by atoms with Crippen LogP contribution in [0.5, 0.6) is 0 Å². The Morgan fingerprint density at radius 3 is 1.38 bits per heavy atom. The van der Waals surface area contributed by atoms with Gasteiger partial charge < -0.3 is 64.5 Å². The normalized spacial score (nSPS) is 15.5. The van der Waals surface area contributed by atoms with Gasteiger partial charge in [-0.05, 0) is 0 Å². The second kappa shape index (κ2) is 27.2. The van der Waals surface area contributed by atoms with E-state index < -0.39 is 36.5 Å². The topological polar surface area (TPSA) is 232 Å². The molecule has 0 saturated carbocycles. The van der Waals surface area contributed by atoms with E-state index in [0.717, 1.165) is 6.08 Å². The first-order valence-electron chi connectivity index (χ1n) is 13.9. The van der Waals surface area contributed by atoms with Crippen molar-refractivity contribution in [3.05, 3.63) is 12.7 Å². The Morgan fingerprint density at radius 1 is 0.595 bits per heavy atom. The molecule has 250 valence electrons. The number of ether oxygens (including phenoxy) is 5. The minimum absolute atomic E-state index is 0.0484. The predicted molar refractivity (Wildman–Crippen MR) is 149 cm³/mol. The lowest BCUT2D eigenvalue weighted by atomic mass is 10.3. The van der Waals surface area contributed by atoms with Gasteiger partial charge in [-0.1, -0.05) is 6.58 Å². The van der Waals surface area contributed by atoms with Gasteiger partial charge in [0.2, 0.25) is 0 Å². The summed E-state index contributed by atoms with van der Waals surface area (Å²) in [4.78, 5) is 14.5. The number of hydrogen-bond donors (Lipinski definition) is 8. The van der Waals surface area contributed by atoms with Gasteiger partial charge in [0.05, 0.1) is 84.9 Å². The second-order valence-corrected chi connectivity index (χ2v) is 9.51. The molecule has 5 atom stereocenters. The van der Waals surface area contributed by atoms with E-state index in [1.807, 2.05) is 0 Å². The van der Waals surface area contributed by atoms with Crippen LogP contribution in [0.3, 0.4) is 0 Å². The summed E-state index contributed by atoms with van der Waals surface area (Å²) in [6, 6.07) is 0. The zero-order chi connectivity index (χ0) is 31.6. The molecule has 0 bridgehead atoms. The fourth-order valence-electron chi connectivity index (χ4n) is 3.59. The molecule has 0 aromatic rings. The van der Waals surface area contributed by atoms with Crippen molar-refractivity contribution in [2.75, 3.05) is 119 Å². The number of carbonyl (C=O) groups is 1. The summed E-state index contributed by atoms with van der Waals surface area (Å²) in [5.41, 5.74) is 0. The lowest BCUT2D eigenvalue weighted by Crippen LogP contribution is -2.39. The molecule has 0 aromatic carbocycles. The van der Waals surface area contributed by atoms with Gasteiger partial charge >= 0.3 is 5.97 Å². The van der Waals surface area contributed by atoms with Gasteiger partial charge in [-0.2, -0.15) is 0 Å². The molecule has 16 nitrogen and oxygen atoms in total. The van der Waals surface area contributed by atoms with Gasteiger partial charge in [0.25, 0.3) is 0 Å². The van der Waals surface area contributed by atoms with Crippen LogP contribution in [0.4, 0.5) is 0 Å². The van der Waals surface area contributed by atoms with Crippen molar-refractivity contribution in [3.63, 3.8) is 0 Å². The van der Waals surface area contributed by atoms with Crippen molar-refractivity contribution in [1.29, 1.82) is 0 Å². The molecule has 0 aromatic heterocycles. The van der Waals surface area contributed by atoms with E-state index >= 15 is 0 Å². The van der Waals surface area contributed by atoms with Gasteiger partial charge in [-0.15, -0.1) is 0 Å². The highest BCUT2D eigenvalue weighted by Crippen LogP contribution is 2.02. The number of carbonyl (C=O) groups excluding carboxylic acids is 1. The van der Waals surface area contributed by atoms with Gasteiger partial charge in [0, 0.05) is 45.3 Å². The number of aliphatic hydroxyl groups is 8. The summed E-state index contributed by atoms with van der Waals surface area (Å²) >= 11 is 0. The first-order valence-corrected chi connectivity index (χ1v) is 13.9. The third-order valence-corrected chi connectivity index (χ3v) is 5.56. The zero-order valence-corrected chi connectivity index (χ0v) is 24.3. The molecule has 0 spiro atoms. The average Bonchev–Trinajstić information content (AvgIpc) is 2.94. The molecule has 0 aliphatic heterocycles. The summed E-state index contributed by atoms with van der Waals surface area (Å²) in [6.45, 7) is 3.20. The molecular formula is C26H52N2O14. The Kier molecular flexibility index (Phi) is 26.3. The van der Waals surface area contributed by atoms with Gasteiger partial charge in [-0.25, -0.2) is 4.79 Å². The highest BCUT2D eigenvalue weighted by molar-refractivity contribution is 5.81. The van der Waals surface area contributed by atoms with Crippen LogP contribution in [0, 0.1) is 0 Å². The van der Waals surface area contributed by atoms with Gasteiger partial charge in [0.15, 0.2) is 0 Å². The molecule has 0 aliphatic carbocycles. The summed E-state index contributed by atoms with van der Waals surface area (Å²) in [5, 5.41) is 76.8. The largest absolute Gasteiger partial charge is 0.460 e. The SMILES string of the molecule is C=CC(=O)OCC(O)COC(COCC(O)COCC(O)CN(CCO)CCO)COCC(O)CN(CCO)CCO. The van der Waals surface area contributed by atoms with Crippen molar-refractivity contribution < 1.29 is 69.3 Å². The fraction of sp³-hybridized carbons (Fsp3) is 0.885. The highest BCUT2D eigenvalue weighted by atomic mass is 16.6. The molecule has 16 heteroatoms. The van der Waals surface area contributed by atoms with E-state index in [0.29, 0.717) is 13.1 Å². The van der Waals surface area contributed by atoms with Gasteiger partial charge in [-0.3, -0.25) is 9.80 Å². The average molecular weight is 617 g/mol. The molecule has 42 heavy (non-hydrogen) atoms. The predicted octanol–water partition coefficient (Wildman–Crippen LogP) is -4.83. The van der Waals surface area contributed by atoms with E-state index in [1.54, 1.807) is 9.80 Å². The molecule has 0 amide bonds. The number of hydrogen-bond acceptors (Lipinski definition) is 16. The molecule has 0 radical (unpaired) electrons. The molecule has 0 rings (SSSR count). The maximum absolute atomic E-state index is 11.2. The zero-order valence-electron chi connectivity index (χ0n) is 24.3. The molecule has 0 saturated heterocycles. The minimum Gasteiger partial charge on any atom is -0.460 e. The molecule has 8 N–H and O–H groups in total. The Hall–Kier alpha value is -1.35. The Bertz CT molecular complexity index is 638. The number of esters is 1. The van der Waals surface area contributed by atoms with Crippen molar-refractivity contribution in [3.8, 4) is 0 Å². The highest BCUT2D eigenvalue weighted by Gasteiger charge is 2.18. The Labute approximate surface area is 247 Å². The molecule has 0 aliphatic rings. The van der Waals surface area contributed by atoms with E-state index in [-0.39, 0.29) is 105 Å². The third kappa shape index (κ3) is 23.1. The van der Waals surface area contributed by atoms with Gasteiger partial charge in [0.1, 0.15) is 24.9 Å². The van der Waals surface area contributed by atoms with Crippen LogP contribution in [-0.4, -0.2) is 206 Å². The van der Waals surface area contributed by atoms with Crippen LogP contribution in [0.15, 0.2) is 12.7 Å².